The van der Waals surface area contributed by atoms with Gasteiger partial charge >= 0.3 is 0 Å². The molecule has 4 heteroatoms. The molecule has 0 radical (unpaired) electrons. The summed E-state index contributed by atoms with van der Waals surface area (Å²) in [7, 11) is 0. The second-order valence-electron chi connectivity index (χ2n) is 6.82. The van der Waals surface area contributed by atoms with Crippen molar-refractivity contribution in [2.24, 2.45) is 5.41 Å². The van der Waals surface area contributed by atoms with Gasteiger partial charge in [-0.3, -0.25) is 4.90 Å². The molecule has 1 aromatic rings. The van der Waals surface area contributed by atoms with Crippen LogP contribution in [-0.4, -0.2) is 30.1 Å². The minimum absolute atomic E-state index is 0.212. The second kappa shape index (κ2) is 6.00. The lowest BCUT2D eigenvalue weighted by molar-refractivity contribution is 0.0877. The molecule has 2 unspecified atom stereocenters. The highest BCUT2D eigenvalue weighted by atomic mass is 35.5. The molecule has 0 amide bonds. The Morgan fingerprint density at radius 3 is 2.75 bits per heavy atom. The number of hydrogen-bond acceptors (Lipinski definition) is 2. The summed E-state index contributed by atoms with van der Waals surface area (Å²) in [6.07, 6.45) is 0. The quantitative estimate of drug-likeness (QED) is 0.896. The lowest BCUT2D eigenvalue weighted by Gasteiger charge is -2.44. The molecule has 0 aromatic heterocycles. The Hall–Kier alpha value is -0.640. The summed E-state index contributed by atoms with van der Waals surface area (Å²) in [5.41, 5.74) is 1.08. The highest BCUT2D eigenvalue weighted by Gasteiger charge is 2.32. The third-order valence-electron chi connectivity index (χ3n) is 4.15. The molecule has 2 rings (SSSR count). The number of halogens is 2. The van der Waals surface area contributed by atoms with Gasteiger partial charge in [-0.1, -0.05) is 44.5 Å². The van der Waals surface area contributed by atoms with E-state index < -0.39 is 0 Å². The lowest BCUT2D eigenvalue weighted by atomic mass is 9.84. The number of rotatable bonds is 2. The monoisotopic (exact) mass is 298 g/mol. The van der Waals surface area contributed by atoms with E-state index in [2.05, 4.69) is 37.9 Å². The number of nitrogens with one attached hydrogen (secondary N) is 1. The number of piperazine rings is 1. The van der Waals surface area contributed by atoms with Crippen molar-refractivity contribution in [2.45, 2.75) is 46.3 Å². The van der Waals surface area contributed by atoms with Crippen LogP contribution in [0.2, 0.25) is 5.02 Å². The summed E-state index contributed by atoms with van der Waals surface area (Å²) in [5, 5.41) is 3.86. The maximum absolute atomic E-state index is 13.5. The molecular weight excluding hydrogens is 275 g/mol. The molecule has 0 saturated carbocycles. The van der Waals surface area contributed by atoms with Crippen LogP contribution in [0.15, 0.2) is 18.2 Å². The molecule has 1 aromatic carbocycles. The molecule has 1 heterocycles. The maximum atomic E-state index is 13.5. The van der Waals surface area contributed by atoms with Crippen molar-refractivity contribution in [2.75, 3.05) is 13.1 Å². The van der Waals surface area contributed by atoms with E-state index in [-0.39, 0.29) is 16.3 Å². The van der Waals surface area contributed by atoms with Crippen molar-refractivity contribution in [3.05, 3.63) is 34.6 Å². The van der Waals surface area contributed by atoms with Crippen molar-refractivity contribution in [1.82, 2.24) is 10.2 Å². The Balaban J connectivity index is 2.12. The molecule has 1 fully saturated rings. The molecule has 0 bridgehead atoms. The lowest BCUT2D eigenvalue weighted by Crippen LogP contribution is -2.59. The van der Waals surface area contributed by atoms with E-state index in [0.717, 1.165) is 18.7 Å². The molecule has 1 aliphatic rings. The van der Waals surface area contributed by atoms with E-state index in [9.17, 15) is 4.39 Å². The highest BCUT2D eigenvalue weighted by Crippen LogP contribution is 2.26. The van der Waals surface area contributed by atoms with E-state index in [1.165, 1.54) is 6.07 Å². The standard InChI is InChI=1S/C16H24ClFN2/c1-11-8-19-14(16(2,3)4)10-20(11)9-12-6-5-7-13(18)15(12)17/h5-7,11,14,19H,8-10H2,1-4H3. The van der Waals surface area contributed by atoms with Crippen LogP contribution in [-0.2, 0) is 6.54 Å². The Labute approximate surface area is 126 Å². The van der Waals surface area contributed by atoms with Crippen LogP contribution >= 0.6 is 11.6 Å². The van der Waals surface area contributed by atoms with E-state index in [1.54, 1.807) is 6.07 Å². The minimum atomic E-state index is -0.334. The van der Waals surface area contributed by atoms with Crippen LogP contribution in [0.4, 0.5) is 4.39 Å². The van der Waals surface area contributed by atoms with Gasteiger partial charge in [0.05, 0.1) is 5.02 Å². The summed E-state index contributed by atoms with van der Waals surface area (Å²) >= 11 is 6.07. The Bertz CT molecular complexity index is 470. The topological polar surface area (TPSA) is 15.3 Å². The zero-order chi connectivity index (χ0) is 14.9. The van der Waals surface area contributed by atoms with Crippen LogP contribution in [0.3, 0.4) is 0 Å². The van der Waals surface area contributed by atoms with Gasteiger partial charge in [-0.05, 0) is 24.0 Å². The average molecular weight is 299 g/mol. The van der Waals surface area contributed by atoms with Gasteiger partial charge in [0.25, 0.3) is 0 Å². The molecule has 0 aliphatic carbocycles. The van der Waals surface area contributed by atoms with Gasteiger partial charge in [-0.25, -0.2) is 4.39 Å². The fraction of sp³-hybridized carbons (Fsp3) is 0.625. The minimum Gasteiger partial charge on any atom is -0.311 e. The Morgan fingerprint density at radius 1 is 1.40 bits per heavy atom. The SMILES string of the molecule is CC1CNC(C(C)(C)C)CN1Cc1cccc(F)c1Cl. The summed E-state index contributed by atoms with van der Waals surface area (Å²) in [6, 6.07) is 5.90. The van der Waals surface area contributed by atoms with Gasteiger partial charge in [0.2, 0.25) is 0 Å². The highest BCUT2D eigenvalue weighted by molar-refractivity contribution is 6.31. The van der Waals surface area contributed by atoms with E-state index in [4.69, 9.17) is 11.6 Å². The third kappa shape index (κ3) is 3.51. The predicted molar refractivity (Wildman–Crippen MR) is 82.5 cm³/mol. The number of hydrogen-bond donors (Lipinski definition) is 1. The third-order valence-corrected chi connectivity index (χ3v) is 4.57. The van der Waals surface area contributed by atoms with Crippen molar-refractivity contribution < 1.29 is 4.39 Å². The summed E-state index contributed by atoms with van der Waals surface area (Å²) in [6.45, 7) is 11.5. The fourth-order valence-electron chi connectivity index (χ4n) is 2.61. The van der Waals surface area contributed by atoms with Crippen molar-refractivity contribution in [3.63, 3.8) is 0 Å². The zero-order valence-electron chi connectivity index (χ0n) is 12.7. The smallest absolute Gasteiger partial charge is 0.142 e. The van der Waals surface area contributed by atoms with E-state index >= 15 is 0 Å². The molecule has 1 N–H and O–H groups in total. The normalized spacial score (nSPS) is 24.9. The molecule has 20 heavy (non-hydrogen) atoms. The van der Waals surface area contributed by atoms with Crippen LogP contribution in [0.25, 0.3) is 0 Å². The first-order valence-corrected chi connectivity index (χ1v) is 7.57. The molecule has 2 nitrogen and oxygen atoms in total. The van der Waals surface area contributed by atoms with Crippen LogP contribution in [0.1, 0.15) is 33.3 Å². The van der Waals surface area contributed by atoms with Crippen LogP contribution in [0, 0.1) is 11.2 Å². The molecule has 1 aliphatic heterocycles. The van der Waals surface area contributed by atoms with Gasteiger partial charge in [0.15, 0.2) is 0 Å². The molecular formula is C16H24ClFN2. The second-order valence-corrected chi connectivity index (χ2v) is 7.20. The zero-order valence-corrected chi connectivity index (χ0v) is 13.5. The van der Waals surface area contributed by atoms with Gasteiger partial charge in [-0.2, -0.15) is 0 Å². The molecule has 2 atom stereocenters. The average Bonchev–Trinajstić information content (AvgIpc) is 2.36. The summed E-state index contributed by atoms with van der Waals surface area (Å²) in [4.78, 5) is 2.38. The molecule has 1 saturated heterocycles. The first kappa shape index (κ1) is 15.7. The molecule has 0 spiro atoms. The van der Waals surface area contributed by atoms with Crippen molar-refractivity contribution in [1.29, 1.82) is 0 Å². The Morgan fingerprint density at radius 2 is 2.10 bits per heavy atom. The first-order valence-electron chi connectivity index (χ1n) is 7.19. The van der Waals surface area contributed by atoms with Crippen LogP contribution < -0.4 is 5.32 Å². The molecule has 112 valence electrons. The van der Waals surface area contributed by atoms with Crippen molar-refractivity contribution in [3.8, 4) is 0 Å². The maximum Gasteiger partial charge on any atom is 0.142 e. The predicted octanol–water partition coefficient (Wildman–Crippen LogP) is 3.69. The van der Waals surface area contributed by atoms with Gasteiger partial charge in [-0.15, -0.1) is 0 Å². The largest absolute Gasteiger partial charge is 0.311 e. The van der Waals surface area contributed by atoms with E-state index in [0.29, 0.717) is 18.6 Å². The van der Waals surface area contributed by atoms with E-state index in [1.807, 2.05) is 6.07 Å². The summed E-state index contributed by atoms with van der Waals surface area (Å²) in [5.74, 6) is -0.334. The number of benzene rings is 1. The first-order chi connectivity index (χ1) is 9.29. The van der Waals surface area contributed by atoms with Crippen LogP contribution in [0.5, 0.6) is 0 Å². The fourth-order valence-corrected chi connectivity index (χ4v) is 2.80. The summed E-state index contributed by atoms with van der Waals surface area (Å²) < 4.78 is 13.5. The Kier molecular flexibility index (Phi) is 4.73. The van der Waals surface area contributed by atoms with Gasteiger partial charge in [0, 0.05) is 31.7 Å². The van der Waals surface area contributed by atoms with Gasteiger partial charge in [0.1, 0.15) is 5.82 Å². The van der Waals surface area contributed by atoms with Gasteiger partial charge < -0.3 is 5.32 Å². The number of nitrogens with zero attached hydrogens (tertiary/aromatic N) is 1. The van der Waals surface area contributed by atoms with Crippen molar-refractivity contribution >= 4 is 11.6 Å².